The molecule has 0 saturated heterocycles. The summed E-state index contributed by atoms with van der Waals surface area (Å²) < 4.78 is 13.3. The molecule has 5 heteroatoms. The highest BCUT2D eigenvalue weighted by atomic mass is 19.1. The van der Waals surface area contributed by atoms with Crippen LogP contribution >= 0.6 is 0 Å². The third-order valence-electron chi connectivity index (χ3n) is 2.07. The van der Waals surface area contributed by atoms with Gasteiger partial charge in [-0.25, -0.2) is 4.39 Å². The number of nitrogens with zero attached hydrogens (tertiary/aromatic N) is 1. The zero-order valence-electron chi connectivity index (χ0n) is 8.62. The van der Waals surface area contributed by atoms with Crippen LogP contribution in [0.15, 0.2) is 30.3 Å². The van der Waals surface area contributed by atoms with Crippen LogP contribution in [0.4, 0.5) is 10.2 Å². The summed E-state index contributed by atoms with van der Waals surface area (Å²) in [6.45, 7) is 1.81. The highest BCUT2D eigenvalue weighted by molar-refractivity contribution is 6.03. The number of rotatable bonds is 2. The van der Waals surface area contributed by atoms with E-state index in [2.05, 4.69) is 15.5 Å². The second-order valence-corrected chi connectivity index (χ2v) is 3.37. The van der Waals surface area contributed by atoms with Crippen LogP contribution in [0, 0.1) is 12.7 Å². The molecule has 16 heavy (non-hydrogen) atoms. The van der Waals surface area contributed by atoms with Crippen LogP contribution in [0.3, 0.4) is 0 Å². The van der Waals surface area contributed by atoms with Crippen LogP contribution < -0.4 is 5.32 Å². The Hall–Kier alpha value is -2.17. The van der Waals surface area contributed by atoms with Gasteiger partial charge in [0.1, 0.15) is 5.82 Å². The molecule has 0 bridgehead atoms. The van der Waals surface area contributed by atoms with E-state index in [1.165, 1.54) is 18.2 Å². The minimum Gasteiger partial charge on any atom is -0.305 e. The normalized spacial score (nSPS) is 10.1. The van der Waals surface area contributed by atoms with E-state index in [4.69, 9.17) is 0 Å². The van der Waals surface area contributed by atoms with Crippen molar-refractivity contribution < 1.29 is 9.18 Å². The third-order valence-corrected chi connectivity index (χ3v) is 2.07. The fourth-order valence-corrected chi connectivity index (χ4v) is 1.31. The van der Waals surface area contributed by atoms with Crippen molar-refractivity contribution >= 4 is 11.7 Å². The van der Waals surface area contributed by atoms with Gasteiger partial charge in [0, 0.05) is 11.8 Å². The van der Waals surface area contributed by atoms with Gasteiger partial charge in [-0.2, -0.15) is 5.10 Å². The van der Waals surface area contributed by atoms with Crippen molar-refractivity contribution in [3.8, 4) is 0 Å². The summed E-state index contributed by atoms with van der Waals surface area (Å²) >= 11 is 0. The van der Waals surface area contributed by atoms with Crippen LogP contribution in [0.2, 0.25) is 0 Å². The summed E-state index contributed by atoms with van der Waals surface area (Å²) in [4.78, 5) is 11.6. The largest absolute Gasteiger partial charge is 0.305 e. The molecular weight excluding hydrogens is 209 g/mol. The summed E-state index contributed by atoms with van der Waals surface area (Å²) in [6, 6.07) is 7.46. The molecule has 0 unspecified atom stereocenters. The fourth-order valence-electron chi connectivity index (χ4n) is 1.31. The first-order valence-corrected chi connectivity index (χ1v) is 4.75. The average molecular weight is 219 g/mol. The molecule has 4 nitrogen and oxygen atoms in total. The molecule has 2 N–H and O–H groups in total. The van der Waals surface area contributed by atoms with Gasteiger partial charge in [0.15, 0.2) is 5.82 Å². The van der Waals surface area contributed by atoms with Crippen molar-refractivity contribution in [1.29, 1.82) is 0 Å². The molecule has 2 rings (SSSR count). The maximum Gasteiger partial charge on any atom is 0.259 e. The van der Waals surface area contributed by atoms with Gasteiger partial charge in [-0.3, -0.25) is 9.89 Å². The van der Waals surface area contributed by atoms with E-state index in [0.29, 0.717) is 5.82 Å². The van der Waals surface area contributed by atoms with E-state index >= 15 is 0 Å². The maximum atomic E-state index is 13.3. The van der Waals surface area contributed by atoms with E-state index in [9.17, 15) is 9.18 Å². The van der Waals surface area contributed by atoms with Gasteiger partial charge in [-0.05, 0) is 19.1 Å². The lowest BCUT2D eigenvalue weighted by atomic mass is 10.2. The highest BCUT2D eigenvalue weighted by Gasteiger charge is 2.11. The average Bonchev–Trinajstić information content (AvgIpc) is 2.64. The molecule has 0 spiro atoms. The molecule has 1 aromatic heterocycles. The first kappa shape index (κ1) is 10.4. The van der Waals surface area contributed by atoms with Crippen molar-refractivity contribution in [2.75, 3.05) is 5.32 Å². The van der Waals surface area contributed by atoms with Crippen LogP contribution in [0.25, 0.3) is 0 Å². The standard InChI is InChI=1S/C11H10FN3O/c1-7-6-10(15-14-7)13-11(16)8-4-2-3-5-9(8)12/h2-6H,1H3,(H2,13,14,15,16). The van der Waals surface area contributed by atoms with Crippen LogP contribution in [0.5, 0.6) is 0 Å². The number of amides is 1. The predicted octanol–water partition coefficient (Wildman–Crippen LogP) is 2.11. The fraction of sp³-hybridized carbons (Fsp3) is 0.0909. The highest BCUT2D eigenvalue weighted by Crippen LogP contribution is 2.10. The molecule has 0 saturated carbocycles. The molecule has 0 atom stereocenters. The SMILES string of the molecule is Cc1cc(NC(=O)c2ccccc2F)n[nH]1. The summed E-state index contributed by atoms with van der Waals surface area (Å²) in [6.07, 6.45) is 0. The van der Waals surface area contributed by atoms with Crippen molar-refractivity contribution in [3.63, 3.8) is 0 Å². The summed E-state index contributed by atoms with van der Waals surface area (Å²) in [7, 11) is 0. The number of hydrogen-bond acceptors (Lipinski definition) is 2. The number of benzene rings is 1. The second-order valence-electron chi connectivity index (χ2n) is 3.37. The number of aromatic amines is 1. The third kappa shape index (κ3) is 2.08. The van der Waals surface area contributed by atoms with Crippen molar-refractivity contribution in [3.05, 3.63) is 47.4 Å². The Balaban J connectivity index is 2.18. The number of aryl methyl sites for hydroxylation is 1. The van der Waals surface area contributed by atoms with Gasteiger partial charge in [0.05, 0.1) is 5.56 Å². The van der Waals surface area contributed by atoms with E-state index in [1.807, 2.05) is 6.92 Å². The van der Waals surface area contributed by atoms with Crippen LogP contribution in [-0.2, 0) is 0 Å². The Bertz CT molecular complexity index is 521. The molecule has 1 amide bonds. The van der Waals surface area contributed by atoms with Gasteiger partial charge < -0.3 is 5.32 Å². The Morgan fingerprint density at radius 1 is 1.44 bits per heavy atom. The molecule has 1 heterocycles. The topological polar surface area (TPSA) is 57.8 Å². The molecule has 0 radical (unpaired) electrons. The second kappa shape index (κ2) is 4.14. The number of hydrogen-bond donors (Lipinski definition) is 2. The molecule has 0 fully saturated rings. The molecule has 0 aliphatic carbocycles. The molecule has 0 aliphatic rings. The number of H-pyrrole nitrogens is 1. The van der Waals surface area contributed by atoms with Crippen molar-refractivity contribution in [2.45, 2.75) is 6.92 Å². The van der Waals surface area contributed by atoms with Gasteiger partial charge in [-0.1, -0.05) is 12.1 Å². The monoisotopic (exact) mass is 219 g/mol. The predicted molar refractivity (Wildman–Crippen MR) is 57.7 cm³/mol. The van der Waals surface area contributed by atoms with Gasteiger partial charge >= 0.3 is 0 Å². The van der Waals surface area contributed by atoms with Crippen LogP contribution in [-0.4, -0.2) is 16.1 Å². The van der Waals surface area contributed by atoms with Crippen molar-refractivity contribution in [2.24, 2.45) is 0 Å². The number of carbonyl (C=O) groups excluding carboxylic acids is 1. The maximum absolute atomic E-state index is 13.3. The molecule has 1 aromatic carbocycles. The Kier molecular flexibility index (Phi) is 2.68. The minimum atomic E-state index is -0.549. The van der Waals surface area contributed by atoms with E-state index in [1.54, 1.807) is 12.1 Å². The van der Waals surface area contributed by atoms with Crippen LogP contribution in [0.1, 0.15) is 16.1 Å². The molecule has 0 aliphatic heterocycles. The first-order valence-electron chi connectivity index (χ1n) is 4.75. The quantitative estimate of drug-likeness (QED) is 0.812. The minimum absolute atomic E-state index is 0.00292. The first-order chi connectivity index (χ1) is 7.66. The number of nitrogens with one attached hydrogen (secondary N) is 2. The van der Waals surface area contributed by atoms with Gasteiger partial charge in [-0.15, -0.1) is 0 Å². The number of anilines is 1. The number of aromatic nitrogens is 2. The lowest BCUT2D eigenvalue weighted by molar-refractivity contribution is 0.102. The Morgan fingerprint density at radius 3 is 2.81 bits per heavy atom. The lowest BCUT2D eigenvalue weighted by Gasteiger charge is -2.02. The van der Waals surface area contributed by atoms with Gasteiger partial charge in [0.2, 0.25) is 0 Å². The molecule has 2 aromatic rings. The summed E-state index contributed by atoms with van der Waals surface area (Å²) in [5.41, 5.74) is 0.826. The molecular formula is C11H10FN3O. The Labute approximate surface area is 91.5 Å². The number of carbonyl (C=O) groups is 1. The summed E-state index contributed by atoms with van der Waals surface area (Å²) in [5.74, 6) is -0.678. The van der Waals surface area contributed by atoms with E-state index < -0.39 is 11.7 Å². The van der Waals surface area contributed by atoms with E-state index in [0.717, 1.165) is 5.69 Å². The Morgan fingerprint density at radius 2 is 2.19 bits per heavy atom. The van der Waals surface area contributed by atoms with Crippen molar-refractivity contribution in [1.82, 2.24) is 10.2 Å². The zero-order chi connectivity index (χ0) is 11.5. The number of halogens is 1. The molecule has 82 valence electrons. The smallest absolute Gasteiger partial charge is 0.259 e. The van der Waals surface area contributed by atoms with E-state index in [-0.39, 0.29) is 5.56 Å². The lowest BCUT2D eigenvalue weighted by Crippen LogP contribution is -2.13. The zero-order valence-corrected chi connectivity index (χ0v) is 8.62. The summed E-state index contributed by atoms with van der Waals surface area (Å²) in [5, 5.41) is 9.01. The van der Waals surface area contributed by atoms with Gasteiger partial charge in [0.25, 0.3) is 5.91 Å².